The van der Waals surface area contributed by atoms with Crippen LogP contribution in [0.15, 0.2) is 51.8 Å². The lowest BCUT2D eigenvalue weighted by atomic mass is 10.1. The predicted molar refractivity (Wildman–Crippen MR) is 156 cm³/mol. The molecule has 4 heterocycles. The fourth-order valence-corrected chi connectivity index (χ4v) is 5.92. The number of aryl methyl sites for hydroxylation is 1. The predicted octanol–water partition coefficient (Wildman–Crippen LogP) is 6.14. The van der Waals surface area contributed by atoms with Crippen LogP contribution in [0.4, 0.5) is 5.82 Å². The maximum atomic E-state index is 12.6. The normalized spacial score (nSPS) is 13.6. The van der Waals surface area contributed by atoms with Crippen molar-refractivity contribution in [2.24, 2.45) is 0 Å². The molecule has 2 amide bonds. The Labute approximate surface area is 243 Å². The zero-order valence-electron chi connectivity index (χ0n) is 20.4. The molecule has 1 aliphatic heterocycles. The number of hydrogen-bond donors (Lipinski definition) is 1. The summed E-state index contributed by atoms with van der Waals surface area (Å²) in [5, 5.41) is 2.74. The fraction of sp³-hybridized carbons (Fsp3) is 0.200. The molecule has 0 bridgehead atoms. The lowest BCUT2D eigenvalue weighted by molar-refractivity contribution is -0.135. The summed E-state index contributed by atoms with van der Waals surface area (Å²) in [7, 11) is 4.00. The van der Waals surface area contributed by atoms with E-state index in [1.807, 2.05) is 62.8 Å². The highest BCUT2D eigenvalue weighted by atomic mass is 35.5. The number of nitrogens with one attached hydrogen (secondary N) is 1. The molecule has 0 unspecified atom stereocenters. The Hall–Kier alpha value is -2.73. The standard InChI is InChI=1S/C25H21Cl2N5O3S2.ClH/c1-13-17-22(30-32-24(33)18(26)19(27)25(32)34)28-21(16-5-4-12-36-16)29-23(17)37-20(13)14-6-8-15(9-7-14)35-11-10-31(2)3;/h4-9,12H,10-11H2,1-3H3,(H,28,29,30);1H. The van der Waals surface area contributed by atoms with Crippen LogP contribution in [0.2, 0.25) is 0 Å². The highest BCUT2D eigenvalue weighted by Gasteiger charge is 2.38. The Morgan fingerprint density at radius 1 is 1.05 bits per heavy atom. The van der Waals surface area contributed by atoms with E-state index in [9.17, 15) is 9.59 Å². The molecule has 0 saturated heterocycles. The molecule has 13 heteroatoms. The van der Waals surface area contributed by atoms with E-state index in [1.54, 1.807) is 0 Å². The molecule has 8 nitrogen and oxygen atoms in total. The molecule has 0 fully saturated rings. The summed E-state index contributed by atoms with van der Waals surface area (Å²) in [5.41, 5.74) is 4.75. The molecule has 1 aliphatic rings. The van der Waals surface area contributed by atoms with Crippen LogP contribution in [0, 0.1) is 6.92 Å². The van der Waals surface area contributed by atoms with Crippen molar-refractivity contribution in [3.63, 3.8) is 0 Å². The Kier molecular flexibility index (Phi) is 8.61. The molecule has 4 aromatic rings. The van der Waals surface area contributed by atoms with Crippen molar-refractivity contribution in [2.45, 2.75) is 6.92 Å². The van der Waals surface area contributed by atoms with Gasteiger partial charge < -0.3 is 9.64 Å². The Morgan fingerprint density at radius 3 is 2.34 bits per heavy atom. The highest BCUT2D eigenvalue weighted by molar-refractivity contribution is 7.22. The fourth-order valence-electron chi connectivity index (χ4n) is 3.74. The molecule has 198 valence electrons. The van der Waals surface area contributed by atoms with Crippen molar-refractivity contribution < 1.29 is 14.3 Å². The van der Waals surface area contributed by atoms with Gasteiger partial charge in [-0.15, -0.1) is 35.1 Å². The molecular weight excluding hydrogens is 589 g/mol. The maximum absolute atomic E-state index is 12.6. The summed E-state index contributed by atoms with van der Waals surface area (Å²) < 4.78 is 5.82. The molecule has 0 spiro atoms. The number of rotatable bonds is 8. The molecule has 1 aromatic carbocycles. The second-order valence-corrected chi connectivity index (χ2v) is 11.2. The molecule has 0 radical (unpaired) electrons. The summed E-state index contributed by atoms with van der Waals surface area (Å²) in [6.45, 7) is 3.38. The maximum Gasteiger partial charge on any atom is 0.293 e. The number of aromatic nitrogens is 2. The van der Waals surface area contributed by atoms with E-state index in [2.05, 4.69) is 15.3 Å². The number of benzene rings is 1. The summed E-state index contributed by atoms with van der Waals surface area (Å²) in [4.78, 5) is 39.2. The van der Waals surface area contributed by atoms with Gasteiger partial charge in [0.05, 0.1) is 10.3 Å². The number of fused-ring (bicyclic) bond motifs is 1. The molecule has 0 atom stereocenters. The number of carbonyl (C=O) groups excluding carboxylic acids is 2. The average Bonchev–Trinajstić information content (AvgIpc) is 3.58. The molecule has 0 aliphatic carbocycles. The van der Waals surface area contributed by atoms with Crippen LogP contribution >= 0.6 is 58.3 Å². The number of imide groups is 1. The monoisotopic (exact) mass is 609 g/mol. The van der Waals surface area contributed by atoms with Gasteiger partial charge in [-0.2, -0.15) is 5.01 Å². The highest BCUT2D eigenvalue weighted by Crippen LogP contribution is 2.42. The SMILES string of the molecule is Cc1c(-c2ccc(OCCN(C)C)cc2)sc2nc(-c3cccs3)nc(NN3C(=O)C(Cl)=C(Cl)C3=O)c12.Cl. The van der Waals surface area contributed by atoms with Crippen molar-refractivity contribution in [2.75, 3.05) is 32.7 Å². The number of anilines is 1. The van der Waals surface area contributed by atoms with E-state index < -0.39 is 11.8 Å². The number of thiophene rings is 2. The van der Waals surface area contributed by atoms with E-state index in [4.69, 9.17) is 32.9 Å². The summed E-state index contributed by atoms with van der Waals surface area (Å²) >= 11 is 14.9. The number of ether oxygens (including phenoxy) is 1. The third kappa shape index (κ3) is 5.38. The van der Waals surface area contributed by atoms with Gasteiger partial charge in [-0.3, -0.25) is 15.0 Å². The number of nitrogens with zero attached hydrogens (tertiary/aromatic N) is 4. The van der Waals surface area contributed by atoms with Crippen LogP contribution < -0.4 is 10.2 Å². The molecule has 5 rings (SSSR count). The van der Waals surface area contributed by atoms with E-state index in [-0.39, 0.29) is 22.5 Å². The van der Waals surface area contributed by atoms with Crippen molar-refractivity contribution in [1.82, 2.24) is 19.9 Å². The second-order valence-electron chi connectivity index (χ2n) is 8.47. The number of carbonyl (C=O) groups is 2. The van der Waals surface area contributed by atoms with Crippen LogP contribution in [0.3, 0.4) is 0 Å². The number of likely N-dealkylation sites (N-methyl/N-ethyl adjacent to an activating group) is 1. The first-order valence-electron chi connectivity index (χ1n) is 11.2. The van der Waals surface area contributed by atoms with Crippen LogP contribution in [0.5, 0.6) is 5.75 Å². The number of hydrazine groups is 1. The van der Waals surface area contributed by atoms with Gasteiger partial charge in [-0.1, -0.05) is 29.3 Å². The zero-order chi connectivity index (χ0) is 26.3. The minimum absolute atomic E-state index is 0. The van der Waals surface area contributed by atoms with Gasteiger partial charge in [0.15, 0.2) is 11.6 Å². The third-order valence-corrected chi connectivity index (χ3v) is 8.55. The minimum atomic E-state index is -0.737. The second kappa shape index (κ2) is 11.6. The van der Waals surface area contributed by atoms with Gasteiger partial charge in [0.1, 0.15) is 27.3 Å². The van der Waals surface area contributed by atoms with Crippen molar-refractivity contribution >= 4 is 86.1 Å². The topological polar surface area (TPSA) is 87.7 Å². The van der Waals surface area contributed by atoms with Gasteiger partial charge in [0, 0.05) is 11.4 Å². The number of amides is 2. The van der Waals surface area contributed by atoms with Crippen molar-refractivity contribution in [3.8, 4) is 26.9 Å². The van der Waals surface area contributed by atoms with Crippen molar-refractivity contribution in [3.05, 3.63) is 57.4 Å². The van der Waals surface area contributed by atoms with E-state index >= 15 is 0 Å². The summed E-state index contributed by atoms with van der Waals surface area (Å²) in [6.07, 6.45) is 0. The van der Waals surface area contributed by atoms with Crippen LogP contribution in [0.1, 0.15) is 5.56 Å². The molecule has 0 saturated carbocycles. The lowest BCUT2D eigenvalue weighted by Gasteiger charge is -2.17. The minimum Gasteiger partial charge on any atom is -0.492 e. The Balaban J connectivity index is 0.00000336. The van der Waals surface area contributed by atoms with Crippen molar-refractivity contribution in [1.29, 1.82) is 0 Å². The van der Waals surface area contributed by atoms with Crippen LogP contribution in [-0.2, 0) is 9.59 Å². The molecule has 3 aromatic heterocycles. The van der Waals surface area contributed by atoms with Gasteiger partial charge in [-0.05, 0) is 67.9 Å². The van der Waals surface area contributed by atoms with E-state index in [0.29, 0.717) is 28.5 Å². The van der Waals surface area contributed by atoms with Crippen LogP contribution in [0.25, 0.3) is 31.4 Å². The van der Waals surface area contributed by atoms with E-state index in [0.717, 1.165) is 38.2 Å². The number of halogens is 3. The first-order chi connectivity index (χ1) is 17.7. The first-order valence-corrected chi connectivity index (χ1v) is 13.6. The molecule has 38 heavy (non-hydrogen) atoms. The molecular formula is C25H22Cl3N5O3S2. The largest absolute Gasteiger partial charge is 0.492 e. The summed E-state index contributed by atoms with van der Waals surface area (Å²) in [6, 6.07) is 11.7. The molecule has 1 N–H and O–H groups in total. The van der Waals surface area contributed by atoms with E-state index in [1.165, 1.54) is 22.7 Å². The van der Waals surface area contributed by atoms with Gasteiger partial charge in [0.2, 0.25) is 0 Å². The summed E-state index contributed by atoms with van der Waals surface area (Å²) in [5.74, 6) is 0.109. The smallest absolute Gasteiger partial charge is 0.293 e. The van der Waals surface area contributed by atoms with Gasteiger partial charge in [-0.25, -0.2) is 9.97 Å². The van der Waals surface area contributed by atoms with Gasteiger partial charge >= 0.3 is 0 Å². The first kappa shape index (κ1) is 28.3. The lowest BCUT2D eigenvalue weighted by Crippen LogP contribution is -2.37. The average molecular weight is 611 g/mol. The third-order valence-electron chi connectivity index (χ3n) is 5.65. The van der Waals surface area contributed by atoms with Crippen LogP contribution in [-0.4, -0.2) is 58.9 Å². The quantitative estimate of drug-likeness (QED) is 0.240. The zero-order valence-corrected chi connectivity index (χ0v) is 24.4. The Bertz CT molecular complexity index is 1510. The van der Waals surface area contributed by atoms with Gasteiger partial charge in [0.25, 0.3) is 11.8 Å². The number of hydrogen-bond acceptors (Lipinski definition) is 9. The Morgan fingerprint density at radius 2 is 1.74 bits per heavy atom.